The summed E-state index contributed by atoms with van der Waals surface area (Å²) in [6.45, 7) is 1.94. The van der Waals surface area contributed by atoms with Crippen molar-refractivity contribution < 1.29 is 0 Å². The molecule has 94 valence electrons. The van der Waals surface area contributed by atoms with Crippen molar-refractivity contribution >= 4 is 17.3 Å². The Labute approximate surface area is 107 Å². The van der Waals surface area contributed by atoms with Crippen molar-refractivity contribution in [2.75, 3.05) is 19.0 Å². The van der Waals surface area contributed by atoms with Gasteiger partial charge in [0, 0.05) is 33.0 Å². The van der Waals surface area contributed by atoms with Crippen LogP contribution in [0.1, 0.15) is 5.69 Å². The molecule has 0 N–H and O–H groups in total. The van der Waals surface area contributed by atoms with E-state index in [4.69, 9.17) is 0 Å². The molecule has 0 radical (unpaired) electrons. The van der Waals surface area contributed by atoms with Gasteiger partial charge in [-0.25, -0.2) is 4.98 Å². The fourth-order valence-corrected chi connectivity index (χ4v) is 1.62. The molecule has 0 saturated heterocycles. The Morgan fingerprint density at radius 1 is 1.11 bits per heavy atom. The van der Waals surface area contributed by atoms with Gasteiger partial charge in [-0.15, -0.1) is 10.2 Å². The van der Waals surface area contributed by atoms with E-state index < -0.39 is 0 Å². The standard InChI is InChI=1S/C13H17N5/c1-10-9-18(4)13(14-10)16-15-11-5-7-12(8-6-11)17(2)3/h5-9H,1-4H3. The number of aryl methyl sites for hydroxylation is 2. The van der Waals surface area contributed by atoms with Crippen molar-refractivity contribution in [2.45, 2.75) is 6.92 Å². The van der Waals surface area contributed by atoms with Crippen LogP contribution >= 0.6 is 0 Å². The van der Waals surface area contributed by atoms with E-state index in [0.717, 1.165) is 17.1 Å². The molecule has 0 bridgehead atoms. The SMILES string of the molecule is Cc1cn(C)c(N=Nc2ccc(N(C)C)cc2)n1. The molecule has 5 heteroatoms. The third-order valence-corrected chi connectivity index (χ3v) is 2.59. The summed E-state index contributed by atoms with van der Waals surface area (Å²) >= 11 is 0. The molecule has 0 atom stereocenters. The predicted molar refractivity (Wildman–Crippen MR) is 72.9 cm³/mol. The lowest BCUT2D eigenvalue weighted by atomic mass is 10.3. The maximum atomic E-state index is 4.27. The molecule has 0 saturated carbocycles. The minimum Gasteiger partial charge on any atom is -0.378 e. The van der Waals surface area contributed by atoms with Crippen molar-refractivity contribution in [1.82, 2.24) is 9.55 Å². The molecule has 0 unspecified atom stereocenters. The van der Waals surface area contributed by atoms with Crippen LogP contribution in [-0.4, -0.2) is 23.6 Å². The Hall–Kier alpha value is -2.17. The van der Waals surface area contributed by atoms with Crippen molar-refractivity contribution in [1.29, 1.82) is 0 Å². The molecule has 1 aromatic heterocycles. The summed E-state index contributed by atoms with van der Waals surface area (Å²) in [5, 5.41) is 8.31. The van der Waals surface area contributed by atoms with E-state index >= 15 is 0 Å². The van der Waals surface area contributed by atoms with Crippen LogP contribution < -0.4 is 4.90 Å². The van der Waals surface area contributed by atoms with Crippen LogP contribution in [0.25, 0.3) is 0 Å². The van der Waals surface area contributed by atoms with E-state index in [-0.39, 0.29) is 0 Å². The van der Waals surface area contributed by atoms with Crippen molar-refractivity contribution in [3.8, 4) is 0 Å². The van der Waals surface area contributed by atoms with Crippen molar-refractivity contribution in [3.63, 3.8) is 0 Å². The molecule has 0 spiro atoms. The Bertz CT molecular complexity index is 551. The first-order valence-corrected chi connectivity index (χ1v) is 5.75. The number of nitrogens with zero attached hydrogens (tertiary/aromatic N) is 5. The van der Waals surface area contributed by atoms with Crippen LogP contribution in [-0.2, 0) is 7.05 Å². The van der Waals surface area contributed by atoms with Gasteiger partial charge in [0.15, 0.2) is 0 Å². The Kier molecular flexibility index (Phi) is 3.41. The van der Waals surface area contributed by atoms with E-state index in [1.54, 1.807) is 0 Å². The first kappa shape index (κ1) is 12.3. The van der Waals surface area contributed by atoms with E-state index in [9.17, 15) is 0 Å². The van der Waals surface area contributed by atoms with Crippen molar-refractivity contribution in [3.05, 3.63) is 36.2 Å². The summed E-state index contributed by atoms with van der Waals surface area (Å²) in [6, 6.07) is 7.90. The molecule has 0 aliphatic heterocycles. The van der Waals surface area contributed by atoms with Gasteiger partial charge in [-0.3, -0.25) is 0 Å². The zero-order valence-electron chi connectivity index (χ0n) is 11.1. The van der Waals surface area contributed by atoms with E-state index in [0.29, 0.717) is 5.95 Å². The number of rotatable bonds is 3. The van der Waals surface area contributed by atoms with Crippen molar-refractivity contribution in [2.24, 2.45) is 17.3 Å². The molecule has 1 aromatic carbocycles. The topological polar surface area (TPSA) is 45.8 Å². The van der Waals surface area contributed by atoms with Crippen LogP contribution in [0.5, 0.6) is 0 Å². The number of imidazole rings is 1. The molecule has 5 nitrogen and oxygen atoms in total. The highest BCUT2D eigenvalue weighted by atomic mass is 15.3. The summed E-state index contributed by atoms with van der Waals surface area (Å²) < 4.78 is 1.85. The minimum atomic E-state index is 0.615. The highest BCUT2D eigenvalue weighted by molar-refractivity contribution is 5.51. The van der Waals surface area contributed by atoms with Gasteiger partial charge in [0.05, 0.1) is 11.4 Å². The van der Waals surface area contributed by atoms with Gasteiger partial charge < -0.3 is 9.47 Å². The Morgan fingerprint density at radius 3 is 2.28 bits per heavy atom. The summed E-state index contributed by atoms with van der Waals surface area (Å²) in [5.74, 6) is 0.615. The molecular formula is C13H17N5. The molecule has 18 heavy (non-hydrogen) atoms. The van der Waals surface area contributed by atoms with E-state index in [1.807, 2.05) is 68.0 Å². The van der Waals surface area contributed by atoms with E-state index in [2.05, 4.69) is 15.2 Å². The lowest BCUT2D eigenvalue weighted by Crippen LogP contribution is -2.07. The number of azo groups is 1. The van der Waals surface area contributed by atoms with Gasteiger partial charge in [0.2, 0.25) is 5.95 Å². The second-order valence-corrected chi connectivity index (χ2v) is 4.40. The fourth-order valence-electron chi connectivity index (χ4n) is 1.62. The first-order chi connectivity index (χ1) is 8.56. The first-order valence-electron chi connectivity index (χ1n) is 5.75. The molecule has 1 heterocycles. The monoisotopic (exact) mass is 243 g/mol. The van der Waals surface area contributed by atoms with Crippen LogP contribution in [0.4, 0.5) is 17.3 Å². The summed E-state index contributed by atoms with van der Waals surface area (Å²) in [7, 11) is 5.92. The fraction of sp³-hybridized carbons (Fsp3) is 0.308. The summed E-state index contributed by atoms with van der Waals surface area (Å²) in [6.07, 6.45) is 1.92. The lowest BCUT2D eigenvalue weighted by molar-refractivity contribution is 0.893. The normalized spacial score (nSPS) is 11.1. The number of benzene rings is 1. The molecule has 2 rings (SSSR count). The highest BCUT2D eigenvalue weighted by Gasteiger charge is 2.00. The number of hydrogen-bond donors (Lipinski definition) is 0. The molecule has 0 amide bonds. The second kappa shape index (κ2) is 5.00. The zero-order chi connectivity index (χ0) is 13.1. The average Bonchev–Trinajstić information content (AvgIpc) is 2.66. The van der Waals surface area contributed by atoms with Crippen LogP contribution in [0.3, 0.4) is 0 Å². The van der Waals surface area contributed by atoms with Crippen LogP contribution in [0.15, 0.2) is 40.7 Å². The third-order valence-electron chi connectivity index (χ3n) is 2.59. The second-order valence-electron chi connectivity index (χ2n) is 4.40. The highest BCUT2D eigenvalue weighted by Crippen LogP contribution is 2.20. The molecule has 0 aliphatic carbocycles. The van der Waals surface area contributed by atoms with E-state index in [1.165, 1.54) is 0 Å². The van der Waals surface area contributed by atoms with Gasteiger partial charge in [-0.2, -0.15) is 0 Å². The number of aromatic nitrogens is 2. The maximum Gasteiger partial charge on any atom is 0.249 e. The van der Waals surface area contributed by atoms with Gasteiger partial charge in [-0.05, 0) is 31.2 Å². The average molecular weight is 243 g/mol. The van der Waals surface area contributed by atoms with Crippen LogP contribution in [0, 0.1) is 6.92 Å². The maximum absolute atomic E-state index is 4.27. The largest absolute Gasteiger partial charge is 0.378 e. The summed E-state index contributed by atoms with van der Waals surface area (Å²) in [5.41, 5.74) is 2.90. The lowest BCUT2D eigenvalue weighted by Gasteiger charge is -2.11. The molecule has 2 aromatic rings. The smallest absolute Gasteiger partial charge is 0.249 e. The number of anilines is 1. The molecule has 0 fully saturated rings. The van der Waals surface area contributed by atoms with Gasteiger partial charge >= 0.3 is 0 Å². The minimum absolute atomic E-state index is 0.615. The van der Waals surface area contributed by atoms with Gasteiger partial charge in [-0.1, -0.05) is 0 Å². The Balaban J connectivity index is 2.16. The van der Waals surface area contributed by atoms with Gasteiger partial charge in [0.1, 0.15) is 0 Å². The summed E-state index contributed by atoms with van der Waals surface area (Å²) in [4.78, 5) is 6.31. The predicted octanol–water partition coefficient (Wildman–Crippen LogP) is 3.21. The zero-order valence-corrected chi connectivity index (χ0v) is 11.1. The van der Waals surface area contributed by atoms with Crippen LogP contribution in [0.2, 0.25) is 0 Å². The quantitative estimate of drug-likeness (QED) is 0.777. The molecular weight excluding hydrogens is 226 g/mol. The molecule has 0 aliphatic rings. The third kappa shape index (κ3) is 2.74. The Morgan fingerprint density at radius 2 is 1.78 bits per heavy atom. The number of hydrogen-bond acceptors (Lipinski definition) is 4. The van der Waals surface area contributed by atoms with Gasteiger partial charge in [0.25, 0.3) is 0 Å².